The Balaban J connectivity index is 2.44. The zero-order chi connectivity index (χ0) is 13.0. The van der Waals surface area contributed by atoms with E-state index in [1.54, 1.807) is 0 Å². The summed E-state index contributed by atoms with van der Waals surface area (Å²) in [4.78, 5) is 0. The number of aliphatic hydroxyl groups is 1. The molecule has 1 heterocycles. The van der Waals surface area contributed by atoms with Crippen molar-refractivity contribution in [1.29, 1.82) is 0 Å². The van der Waals surface area contributed by atoms with Crippen molar-refractivity contribution in [2.75, 3.05) is 6.54 Å². The Morgan fingerprint density at radius 2 is 1.94 bits per heavy atom. The average molecular weight is 239 g/mol. The van der Waals surface area contributed by atoms with E-state index in [1.807, 2.05) is 13.8 Å². The van der Waals surface area contributed by atoms with Crippen LogP contribution in [0.3, 0.4) is 0 Å². The maximum atomic E-state index is 9.80. The van der Waals surface area contributed by atoms with E-state index < -0.39 is 0 Å². The summed E-state index contributed by atoms with van der Waals surface area (Å²) in [5.41, 5.74) is 1.18. The Bertz CT molecular complexity index is 344. The largest absolute Gasteiger partial charge is 0.466 e. The average Bonchev–Trinajstić information content (AvgIpc) is 2.53. The van der Waals surface area contributed by atoms with Crippen molar-refractivity contribution < 1.29 is 9.52 Å². The van der Waals surface area contributed by atoms with Crippen molar-refractivity contribution in [3.8, 4) is 0 Å². The van der Waals surface area contributed by atoms with Crippen LogP contribution >= 0.6 is 0 Å². The molecule has 1 rings (SSSR count). The molecule has 0 spiro atoms. The lowest BCUT2D eigenvalue weighted by Gasteiger charge is -2.18. The highest BCUT2D eigenvalue weighted by Crippen LogP contribution is 2.21. The van der Waals surface area contributed by atoms with Gasteiger partial charge in [-0.3, -0.25) is 0 Å². The molecular formula is C14H25NO2. The zero-order valence-corrected chi connectivity index (χ0v) is 11.6. The highest BCUT2D eigenvalue weighted by Gasteiger charge is 2.14. The summed E-state index contributed by atoms with van der Waals surface area (Å²) in [7, 11) is 0. The summed E-state index contributed by atoms with van der Waals surface area (Å²) in [5.74, 6) is 2.43. The van der Waals surface area contributed by atoms with Gasteiger partial charge in [0.25, 0.3) is 0 Å². The summed E-state index contributed by atoms with van der Waals surface area (Å²) in [6.45, 7) is 10.9. The summed E-state index contributed by atoms with van der Waals surface area (Å²) < 4.78 is 5.50. The molecule has 2 unspecified atom stereocenters. The van der Waals surface area contributed by atoms with E-state index in [0.717, 1.165) is 17.9 Å². The Morgan fingerprint density at radius 1 is 1.29 bits per heavy atom. The first kappa shape index (κ1) is 14.3. The fraction of sp³-hybridized carbons (Fsp3) is 0.714. The topological polar surface area (TPSA) is 45.4 Å². The predicted molar refractivity (Wildman–Crippen MR) is 70.1 cm³/mol. The Kier molecular flexibility index (Phi) is 5.22. The van der Waals surface area contributed by atoms with Crippen LogP contribution in [-0.4, -0.2) is 17.8 Å². The SMILES string of the molecule is Cc1cc(C(C)NCC(O)CC(C)C)c(C)o1. The zero-order valence-electron chi connectivity index (χ0n) is 11.6. The smallest absolute Gasteiger partial charge is 0.105 e. The van der Waals surface area contributed by atoms with Crippen LogP contribution in [0.5, 0.6) is 0 Å². The quantitative estimate of drug-likeness (QED) is 0.802. The molecule has 0 saturated carbocycles. The maximum Gasteiger partial charge on any atom is 0.105 e. The van der Waals surface area contributed by atoms with Gasteiger partial charge in [-0.1, -0.05) is 13.8 Å². The fourth-order valence-electron chi connectivity index (χ4n) is 2.13. The second kappa shape index (κ2) is 6.22. The van der Waals surface area contributed by atoms with Crippen molar-refractivity contribution in [2.24, 2.45) is 5.92 Å². The van der Waals surface area contributed by atoms with Crippen LogP contribution in [0.1, 0.15) is 50.3 Å². The van der Waals surface area contributed by atoms with E-state index >= 15 is 0 Å². The maximum absolute atomic E-state index is 9.80. The van der Waals surface area contributed by atoms with Crippen molar-refractivity contribution >= 4 is 0 Å². The van der Waals surface area contributed by atoms with Crippen LogP contribution in [0, 0.1) is 19.8 Å². The van der Waals surface area contributed by atoms with Gasteiger partial charge in [-0.2, -0.15) is 0 Å². The molecule has 0 aliphatic heterocycles. The summed E-state index contributed by atoms with van der Waals surface area (Å²) in [5, 5.41) is 13.2. The molecule has 3 nitrogen and oxygen atoms in total. The van der Waals surface area contributed by atoms with Gasteiger partial charge in [0.05, 0.1) is 6.10 Å². The van der Waals surface area contributed by atoms with E-state index in [-0.39, 0.29) is 12.1 Å². The lowest BCUT2D eigenvalue weighted by molar-refractivity contribution is 0.143. The third-order valence-corrected chi connectivity index (χ3v) is 2.95. The van der Waals surface area contributed by atoms with Crippen molar-refractivity contribution in [3.05, 3.63) is 23.2 Å². The molecular weight excluding hydrogens is 214 g/mol. The fourth-order valence-corrected chi connectivity index (χ4v) is 2.13. The van der Waals surface area contributed by atoms with Crippen LogP contribution in [0.2, 0.25) is 0 Å². The molecule has 0 aliphatic rings. The standard InChI is InChI=1S/C14H25NO2/c1-9(2)6-13(16)8-15-11(4)14-7-10(3)17-12(14)5/h7,9,11,13,15-16H,6,8H2,1-5H3. The minimum absolute atomic E-state index is 0.217. The van der Waals surface area contributed by atoms with Gasteiger partial charge in [0, 0.05) is 18.2 Å². The monoisotopic (exact) mass is 239 g/mol. The minimum Gasteiger partial charge on any atom is -0.466 e. The molecule has 2 N–H and O–H groups in total. The number of aryl methyl sites for hydroxylation is 2. The minimum atomic E-state index is -0.272. The molecule has 0 bridgehead atoms. The first-order valence-corrected chi connectivity index (χ1v) is 6.38. The first-order chi connectivity index (χ1) is 7.90. The molecule has 0 radical (unpaired) electrons. The highest BCUT2D eigenvalue weighted by atomic mass is 16.3. The normalized spacial score (nSPS) is 15.2. The van der Waals surface area contributed by atoms with Gasteiger partial charge in [0.1, 0.15) is 11.5 Å². The van der Waals surface area contributed by atoms with E-state index in [9.17, 15) is 5.11 Å². The number of nitrogens with one attached hydrogen (secondary N) is 1. The number of furan rings is 1. The van der Waals surface area contributed by atoms with Gasteiger partial charge < -0.3 is 14.8 Å². The van der Waals surface area contributed by atoms with Crippen molar-refractivity contribution in [2.45, 2.75) is 53.2 Å². The van der Waals surface area contributed by atoms with Gasteiger partial charge in [-0.05, 0) is 39.2 Å². The Morgan fingerprint density at radius 3 is 2.41 bits per heavy atom. The van der Waals surface area contributed by atoms with E-state index in [4.69, 9.17) is 4.42 Å². The third-order valence-electron chi connectivity index (χ3n) is 2.95. The number of hydrogen-bond acceptors (Lipinski definition) is 3. The molecule has 3 heteroatoms. The molecule has 17 heavy (non-hydrogen) atoms. The van der Waals surface area contributed by atoms with Gasteiger partial charge in [0.2, 0.25) is 0 Å². The van der Waals surface area contributed by atoms with Crippen LogP contribution in [-0.2, 0) is 0 Å². The van der Waals surface area contributed by atoms with Crippen LogP contribution < -0.4 is 5.32 Å². The van der Waals surface area contributed by atoms with Crippen molar-refractivity contribution in [3.63, 3.8) is 0 Å². The van der Waals surface area contributed by atoms with E-state index in [2.05, 4.69) is 32.2 Å². The van der Waals surface area contributed by atoms with Gasteiger partial charge in [-0.25, -0.2) is 0 Å². The molecule has 0 aromatic carbocycles. The van der Waals surface area contributed by atoms with Gasteiger partial charge >= 0.3 is 0 Å². The number of aliphatic hydroxyl groups excluding tert-OH is 1. The van der Waals surface area contributed by atoms with Crippen LogP contribution in [0.15, 0.2) is 10.5 Å². The number of rotatable bonds is 6. The van der Waals surface area contributed by atoms with E-state index in [0.29, 0.717) is 12.5 Å². The lowest BCUT2D eigenvalue weighted by atomic mass is 10.0. The molecule has 0 saturated heterocycles. The summed E-state index contributed by atoms with van der Waals surface area (Å²) >= 11 is 0. The molecule has 1 aromatic heterocycles. The van der Waals surface area contributed by atoms with Crippen LogP contribution in [0.4, 0.5) is 0 Å². The Hall–Kier alpha value is -0.800. The van der Waals surface area contributed by atoms with Gasteiger partial charge in [-0.15, -0.1) is 0 Å². The van der Waals surface area contributed by atoms with Crippen LogP contribution in [0.25, 0.3) is 0 Å². The molecule has 2 atom stereocenters. The van der Waals surface area contributed by atoms with Crippen molar-refractivity contribution in [1.82, 2.24) is 5.32 Å². The van der Waals surface area contributed by atoms with E-state index in [1.165, 1.54) is 5.56 Å². The first-order valence-electron chi connectivity index (χ1n) is 6.38. The molecule has 0 amide bonds. The molecule has 0 fully saturated rings. The molecule has 0 aliphatic carbocycles. The van der Waals surface area contributed by atoms with Gasteiger partial charge in [0.15, 0.2) is 0 Å². The molecule has 1 aromatic rings. The lowest BCUT2D eigenvalue weighted by Crippen LogP contribution is -2.30. The molecule has 98 valence electrons. The predicted octanol–water partition coefficient (Wildman–Crippen LogP) is 2.95. The summed E-state index contributed by atoms with van der Waals surface area (Å²) in [6, 6.07) is 2.27. The highest BCUT2D eigenvalue weighted by molar-refractivity contribution is 5.23. The number of hydrogen-bond donors (Lipinski definition) is 2. The second-order valence-corrected chi connectivity index (χ2v) is 5.28. The third kappa shape index (κ3) is 4.52. The Labute approximate surface area is 104 Å². The second-order valence-electron chi connectivity index (χ2n) is 5.28. The summed E-state index contributed by atoms with van der Waals surface area (Å²) in [6.07, 6.45) is 0.564.